The number of nitrogens with one attached hydrogen (secondary N) is 2. The Bertz CT molecular complexity index is 707. The SMILES string of the molecule is O=c1[nH]c(=S)[nH]cc1CC1COc2ccccc2O1. The summed E-state index contributed by atoms with van der Waals surface area (Å²) in [4.78, 5) is 17.1. The van der Waals surface area contributed by atoms with Crippen molar-refractivity contribution in [2.45, 2.75) is 12.5 Å². The maximum Gasteiger partial charge on any atom is 0.254 e. The van der Waals surface area contributed by atoms with Crippen LogP contribution in [-0.2, 0) is 6.42 Å². The van der Waals surface area contributed by atoms with E-state index in [0.29, 0.717) is 29.1 Å². The van der Waals surface area contributed by atoms with Crippen molar-refractivity contribution in [2.24, 2.45) is 0 Å². The Balaban J connectivity index is 1.79. The highest BCUT2D eigenvalue weighted by Crippen LogP contribution is 2.31. The molecule has 1 aliphatic rings. The Hall–Kier alpha value is -2.08. The van der Waals surface area contributed by atoms with E-state index in [1.54, 1.807) is 6.20 Å². The van der Waals surface area contributed by atoms with Crippen LogP contribution in [0, 0.1) is 4.77 Å². The average molecular weight is 276 g/mol. The third-order valence-corrected chi connectivity index (χ3v) is 3.13. The summed E-state index contributed by atoms with van der Waals surface area (Å²) in [5.41, 5.74) is 0.410. The van der Waals surface area contributed by atoms with Crippen molar-refractivity contribution in [3.8, 4) is 11.5 Å². The fraction of sp³-hybridized carbons (Fsp3) is 0.231. The number of benzene rings is 1. The Morgan fingerprint density at radius 1 is 1.32 bits per heavy atom. The number of hydrogen-bond donors (Lipinski definition) is 2. The van der Waals surface area contributed by atoms with E-state index in [0.717, 1.165) is 5.75 Å². The van der Waals surface area contributed by atoms with Gasteiger partial charge < -0.3 is 14.5 Å². The zero-order chi connectivity index (χ0) is 13.2. The van der Waals surface area contributed by atoms with Gasteiger partial charge in [0.05, 0.1) is 0 Å². The lowest BCUT2D eigenvalue weighted by molar-refractivity contribution is 0.0910. The molecule has 0 bridgehead atoms. The molecular formula is C13H12N2O3S. The van der Waals surface area contributed by atoms with E-state index in [1.807, 2.05) is 24.3 Å². The van der Waals surface area contributed by atoms with E-state index in [1.165, 1.54) is 0 Å². The van der Waals surface area contributed by atoms with Gasteiger partial charge in [0.15, 0.2) is 16.3 Å². The van der Waals surface area contributed by atoms with Crippen LogP contribution in [0.2, 0.25) is 0 Å². The zero-order valence-corrected chi connectivity index (χ0v) is 10.8. The molecule has 0 amide bonds. The predicted octanol–water partition coefficient (Wildman–Crippen LogP) is 1.81. The molecule has 2 N–H and O–H groups in total. The van der Waals surface area contributed by atoms with Crippen LogP contribution in [0.5, 0.6) is 11.5 Å². The van der Waals surface area contributed by atoms with Crippen molar-refractivity contribution in [1.82, 2.24) is 9.97 Å². The van der Waals surface area contributed by atoms with Gasteiger partial charge in [0, 0.05) is 18.2 Å². The van der Waals surface area contributed by atoms with Gasteiger partial charge in [0.25, 0.3) is 5.56 Å². The van der Waals surface area contributed by atoms with E-state index in [-0.39, 0.29) is 11.7 Å². The van der Waals surface area contributed by atoms with Crippen molar-refractivity contribution in [3.63, 3.8) is 0 Å². The summed E-state index contributed by atoms with van der Waals surface area (Å²) in [5.74, 6) is 1.44. The van der Waals surface area contributed by atoms with Gasteiger partial charge in [-0.1, -0.05) is 12.1 Å². The first-order valence-corrected chi connectivity index (χ1v) is 6.32. The molecule has 0 fully saturated rings. The molecular weight excluding hydrogens is 264 g/mol. The van der Waals surface area contributed by atoms with Crippen LogP contribution in [0.4, 0.5) is 0 Å². The van der Waals surface area contributed by atoms with Crippen LogP contribution in [0.25, 0.3) is 0 Å². The summed E-state index contributed by atoms with van der Waals surface area (Å²) in [6.07, 6.45) is 1.90. The van der Waals surface area contributed by atoms with Crippen LogP contribution in [0.15, 0.2) is 35.3 Å². The van der Waals surface area contributed by atoms with Crippen molar-refractivity contribution in [1.29, 1.82) is 0 Å². The first-order chi connectivity index (χ1) is 9.22. The standard InChI is InChI=1S/C13H12N2O3S/c16-12-8(6-14-13(19)15-12)5-9-7-17-10-3-1-2-4-11(10)18-9/h1-4,6,9H,5,7H2,(H2,14,15,16,19). The van der Waals surface area contributed by atoms with Gasteiger partial charge in [-0.3, -0.25) is 9.78 Å². The Morgan fingerprint density at radius 3 is 2.89 bits per heavy atom. The molecule has 1 aromatic carbocycles. The lowest BCUT2D eigenvalue weighted by Gasteiger charge is -2.26. The minimum absolute atomic E-state index is 0.180. The molecule has 5 nitrogen and oxygen atoms in total. The lowest BCUT2D eigenvalue weighted by Crippen LogP contribution is -2.33. The van der Waals surface area contributed by atoms with E-state index in [4.69, 9.17) is 21.7 Å². The summed E-state index contributed by atoms with van der Waals surface area (Å²) in [6, 6.07) is 7.49. The molecule has 98 valence electrons. The molecule has 0 radical (unpaired) electrons. The number of fused-ring (bicyclic) bond motifs is 1. The maximum absolute atomic E-state index is 11.7. The number of para-hydroxylation sites is 2. The summed E-state index contributed by atoms with van der Waals surface area (Å²) in [6.45, 7) is 0.423. The van der Waals surface area contributed by atoms with Gasteiger partial charge in [-0.2, -0.15) is 0 Å². The highest BCUT2D eigenvalue weighted by Gasteiger charge is 2.21. The number of aromatic nitrogens is 2. The normalized spacial score (nSPS) is 17.2. The second kappa shape index (κ2) is 4.89. The van der Waals surface area contributed by atoms with Crippen LogP contribution < -0.4 is 15.0 Å². The molecule has 2 aromatic rings. The van der Waals surface area contributed by atoms with Crippen LogP contribution in [0.1, 0.15) is 5.56 Å². The molecule has 0 saturated carbocycles. The molecule has 0 aliphatic carbocycles. The number of rotatable bonds is 2. The predicted molar refractivity (Wildman–Crippen MR) is 72.3 cm³/mol. The number of ether oxygens (including phenoxy) is 2. The minimum Gasteiger partial charge on any atom is -0.486 e. The Labute approximate surface area is 114 Å². The second-order valence-electron chi connectivity index (χ2n) is 4.30. The monoisotopic (exact) mass is 276 g/mol. The molecule has 0 saturated heterocycles. The largest absolute Gasteiger partial charge is 0.486 e. The maximum atomic E-state index is 11.7. The van der Waals surface area contributed by atoms with Gasteiger partial charge >= 0.3 is 0 Å². The van der Waals surface area contributed by atoms with Crippen LogP contribution in [0.3, 0.4) is 0 Å². The van der Waals surface area contributed by atoms with E-state index in [9.17, 15) is 4.79 Å². The van der Waals surface area contributed by atoms with Crippen molar-refractivity contribution in [2.75, 3.05) is 6.61 Å². The molecule has 19 heavy (non-hydrogen) atoms. The second-order valence-corrected chi connectivity index (χ2v) is 4.71. The molecule has 3 rings (SSSR count). The Morgan fingerprint density at radius 2 is 2.11 bits per heavy atom. The van der Waals surface area contributed by atoms with Gasteiger partial charge in [-0.05, 0) is 24.4 Å². The van der Waals surface area contributed by atoms with Crippen LogP contribution >= 0.6 is 12.2 Å². The first kappa shape index (κ1) is 12.0. The fourth-order valence-corrected chi connectivity index (χ4v) is 2.15. The fourth-order valence-electron chi connectivity index (χ4n) is 2.00. The molecule has 1 aromatic heterocycles. The third kappa shape index (κ3) is 2.53. The third-order valence-electron chi connectivity index (χ3n) is 2.91. The summed E-state index contributed by atoms with van der Waals surface area (Å²) in [5, 5.41) is 0. The minimum atomic E-state index is -0.189. The van der Waals surface area contributed by atoms with E-state index in [2.05, 4.69) is 9.97 Å². The molecule has 1 atom stereocenters. The molecule has 1 aliphatic heterocycles. The quantitative estimate of drug-likeness (QED) is 0.821. The first-order valence-electron chi connectivity index (χ1n) is 5.92. The van der Waals surface area contributed by atoms with E-state index < -0.39 is 0 Å². The van der Waals surface area contributed by atoms with Crippen LogP contribution in [-0.4, -0.2) is 22.7 Å². The van der Waals surface area contributed by atoms with Gasteiger partial charge in [-0.15, -0.1) is 0 Å². The van der Waals surface area contributed by atoms with Crippen molar-refractivity contribution < 1.29 is 9.47 Å². The van der Waals surface area contributed by atoms with E-state index >= 15 is 0 Å². The zero-order valence-electron chi connectivity index (χ0n) is 10.0. The van der Waals surface area contributed by atoms with Gasteiger partial charge in [0.1, 0.15) is 12.7 Å². The number of H-pyrrole nitrogens is 2. The topological polar surface area (TPSA) is 67.1 Å². The van der Waals surface area contributed by atoms with Crippen molar-refractivity contribution >= 4 is 12.2 Å². The summed E-state index contributed by atoms with van der Waals surface area (Å²) < 4.78 is 11.7. The highest BCUT2D eigenvalue weighted by atomic mass is 32.1. The molecule has 6 heteroatoms. The molecule has 2 heterocycles. The smallest absolute Gasteiger partial charge is 0.254 e. The van der Waals surface area contributed by atoms with Crippen molar-refractivity contribution in [3.05, 3.63) is 51.2 Å². The lowest BCUT2D eigenvalue weighted by atomic mass is 10.1. The van der Waals surface area contributed by atoms with Gasteiger partial charge in [-0.25, -0.2) is 0 Å². The number of hydrogen-bond acceptors (Lipinski definition) is 4. The molecule has 1 unspecified atom stereocenters. The highest BCUT2D eigenvalue weighted by molar-refractivity contribution is 7.71. The molecule has 0 spiro atoms. The summed E-state index contributed by atoms with van der Waals surface area (Å²) >= 11 is 4.85. The Kier molecular flexibility index (Phi) is 3.08. The van der Waals surface area contributed by atoms with Gasteiger partial charge in [0.2, 0.25) is 0 Å². The number of aromatic amines is 2. The summed E-state index contributed by atoms with van der Waals surface area (Å²) in [7, 11) is 0. The average Bonchev–Trinajstić information content (AvgIpc) is 2.42.